The summed E-state index contributed by atoms with van der Waals surface area (Å²) < 4.78 is 1.31. The monoisotopic (exact) mass is 942 g/mol. The Balaban J connectivity index is 0.000000217. The number of benzene rings is 2. The van der Waals surface area contributed by atoms with Crippen molar-refractivity contribution in [1.82, 2.24) is 0 Å². The molecule has 0 spiro atoms. The predicted octanol–water partition coefficient (Wildman–Crippen LogP) is 9.37. The molecule has 6 aliphatic carbocycles. The van der Waals surface area contributed by atoms with Gasteiger partial charge in [-0.05, 0) is 28.6 Å². The smallest absolute Gasteiger partial charge is 1.00 e. The first kappa shape index (κ1) is 49.9. The number of hydrogen-bond acceptors (Lipinski definition) is 0. The molecule has 2 aromatic rings. The van der Waals surface area contributed by atoms with Crippen LogP contribution in [0.2, 0.25) is 10.0 Å². The molecule has 314 valence electrons. The van der Waals surface area contributed by atoms with E-state index >= 15 is 0 Å². The normalized spacial score (nSPS) is 36.6. The van der Waals surface area contributed by atoms with Crippen LogP contribution >= 0.6 is 23.2 Å². The summed E-state index contributed by atoms with van der Waals surface area (Å²) in [5.74, 6) is 1.68. The summed E-state index contributed by atoms with van der Waals surface area (Å²) in [5.41, 5.74) is 5.88. The van der Waals surface area contributed by atoms with Gasteiger partial charge in [-0.1, -0.05) is 167 Å². The molecular weight excluding hydrogens is 882 g/mol. The maximum atomic E-state index is 5.86. The zero-order chi connectivity index (χ0) is 42.0. The molecule has 0 nitrogen and oxygen atoms in total. The van der Waals surface area contributed by atoms with E-state index in [1.54, 1.807) is 0 Å². The van der Waals surface area contributed by atoms with Crippen molar-refractivity contribution in [2.24, 2.45) is 61.1 Å². The molecule has 0 N–H and O–H groups in total. The van der Waals surface area contributed by atoms with Gasteiger partial charge in [0, 0.05) is 10.8 Å². The molecule has 0 bridgehead atoms. The van der Waals surface area contributed by atoms with Crippen LogP contribution in [0.25, 0.3) is 0 Å². The van der Waals surface area contributed by atoms with E-state index in [1.165, 1.54) is 49.7 Å². The van der Waals surface area contributed by atoms with Crippen LogP contribution < -0.4 is 24.8 Å². The van der Waals surface area contributed by atoms with Gasteiger partial charge < -0.3 is 31.2 Å². The Morgan fingerprint density at radius 2 is 1.14 bits per heavy atom. The maximum absolute atomic E-state index is 5.86. The van der Waals surface area contributed by atoms with E-state index in [0.29, 0.717) is 17.8 Å². The van der Waals surface area contributed by atoms with Crippen LogP contribution in [0.3, 0.4) is 0 Å². The fraction of sp³-hybridized carbons (Fsp3) is 0.444. The van der Waals surface area contributed by atoms with Gasteiger partial charge in [0.2, 0.25) is 0 Å². The Hall–Kier alpha value is -1.73. The molecule has 6 aliphatic rings. The van der Waals surface area contributed by atoms with Crippen LogP contribution in [0.15, 0.2) is 139 Å². The Kier molecular flexibility index (Phi) is 14.8. The summed E-state index contributed by atoms with van der Waals surface area (Å²) in [6.45, 7) is 31.5. The Morgan fingerprint density at radius 3 is 1.56 bits per heavy atom. The minimum absolute atomic E-state index is 0. The van der Waals surface area contributed by atoms with Crippen LogP contribution in [0.5, 0.6) is 0 Å². The molecule has 2 fully saturated rings. The largest absolute Gasteiger partial charge is 1.00 e. The molecule has 0 heterocycles. The molecule has 2 saturated carbocycles. The summed E-state index contributed by atoms with van der Waals surface area (Å²) in [4.78, 5) is 0. The second-order valence-electron chi connectivity index (χ2n) is 20.0. The summed E-state index contributed by atoms with van der Waals surface area (Å²) in [6, 6.07) is 15.8. The van der Waals surface area contributed by atoms with E-state index in [2.05, 4.69) is 181 Å². The SMILES string of the molecule is CC(C)C1[C-]=CC(C(C)(C)C)=C1.CC1=CC=CC2[CH-]C3(C)C4(C)C=CC=CC4(C)C4(C)C=CC=CC4(C)C3(C)C12C.Clc1ccc([C](=[Zr+2])c2ccc(Cl)cc2)cc1.[Cl-].[Cl-]. The molecule has 5 heteroatoms. The Labute approximate surface area is 395 Å². The van der Waals surface area contributed by atoms with Gasteiger partial charge in [0.05, 0.1) is 0 Å². The standard InChI is InChI=1S/C29H37.C13H8Cl2.C12H19.2ClH.Zr/c1-21-14-13-15-22-20-27(6)25(4)18-10-9-16-23(25,2)24(3)17-11-12-19-26(24,5)29(27,8)28(21,22)7;14-12-5-1-10(2-6-12)9-11-3-7-13(15)8-4-11;1-9(2)10-6-7-11(8-10)12(3,4)5;;;/h9-20,22H,1-8H3;1-8H;7-10H,1-5H3;2*1H;/q-1;;-1;;;+2/p-2. The van der Waals surface area contributed by atoms with Gasteiger partial charge in [0.25, 0.3) is 0 Å². The van der Waals surface area contributed by atoms with Crippen molar-refractivity contribution in [1.29, 1.82) is 0 Å². The van der Waals surface area contributed by atoms with Gasteiger partial charge in [0.1, 0.15) is 0 Å². The zero-order valence-corrected chi connectivity index (χ0v) is 42.9. The molecule has 0 radical (unpaired) electrons. The van der Waals surface area contributed by atoms with Crippen molar-refractivity contribution in [3.63, 3.8) is 0 Å². The fourth-order valence-electron chi connectivity index (χ4n) is 12.0. The molecular formula is C54H64Cl4Zr-2. The van der Waals surface area contributed by atoms with Crippen molar-refractivity contribution in [3.8, 4) is 0 Å². The van der Waals surface area contributed by atoms with Crippen LogP contribution in [0, 0.1) is 73.6 Å². The first-order valence-corrected chi connectivity index (χ1v) is 22.8. The summed E-state index contributed by atoms with van der Waals surface area (Å²) in [7, 11) is 0. The Morgan fingerprint density at radius 1 is 0.695 bits per heavy atom. The minimum Gasteiger partial charge on any atom is -1.00 e. The van der Waals surface area contributed by atoms with Crippen LogP contribution in [0.4, 0.5) is 0 Å². The van der Waals surface area contributed by atoms with Gasteiger partial charge in [0.15, 0.2) is 0 Å². The van der Waals surface area contributed by atoms with E-state index in [0.717, 1.165) is 10.0 Å². The molecule has 0 amide bonds. The predicted molar refractivity (Wildman–Crippen MR) is 244 cm³/mol. The van der Waals surface area contributed by atoms with Crippen molar-refractivity contribution < 1.29 is 49.0 Å². The molecule has 0 aliphatic heterocycles. The maximum Gasteiger partial charge on any atom is -1.00 e. The topological polar surface area (TPSA) is 0 Å². The minimum atomic E-state index is 0. The molecule has 9 atom stereocenters. The van der Waals surface area contributed by atoms with E-state index in [1.807, 2.05) is 48.5 Å². The summed E-state index contributed by atoms with van der Waals surface area (Å²) >= 11 is 13.1. The molecule has 9 unspecified atom stereocenters. The van der Waals surface area contributed by atoms with Crippen LogP contribution in [-0.4, -0.2) is 3.21 Å². The van der Waals surface area contributed by atoms with Gasteiger partial charge >= 0.3 is 120 Å². The quantitative estimate of drug-likeness (QED) is 0.270. The summed E-state index contributed by atoms with van der Waals surface area (Å²) in [5, 5.41) is 1.53. The molecule has 0 aromatic heterocycles. The van der Waals surface area contributed by atoms with Gasteiger partial charge in [-0.25, -0.2) is 6.08 Å². The fourth-order valence-corrected chi connectivity index (χ4v) is 13.0. The zero-order valence-electron chi connectivity index (χ0n) is 37.4. The van der Waals surface area contributed by atoms with Gasteiger partial charge in [-0.3, -0.25) is 6.08 Å². The van der Waals surface area contributed by atoms with E-state index in [-0.39, 0.29) is 68.1 Å². The first-order valence-electron chi connectivity index (χ1n) is 20.9. The number of allylic oxidation sites excluding steroid dienone is 16. The Bertz CT molecular complexity index is 2090. The van der Waals surface area contributed by atoms with Gasteiger partial charge in [-0.15, -0.1) is 17.4 Å². The average Bonchev–Trinajstić information content (AvgIpc) is 3.75. The van der Waals surface area contributed by atoms with E-state index in [9.17, 15) is 0 Å². The molecule has 0 saturated heterocycles. The number of rotatable bonds is 3. The molecule has 59 heavy (non-hydrogen) atoms. The average molecular weight is 946 g/mol. The van der Waals surface area contributed by atoms with Crippen molar-refractivity contribution in [3.05, 3.63) is 172 Å². The second kappa shape index (κ2) is 17.4. The van der Waals surface area contributed by atoms with E-state index < -0.39 is 0 Å². The third-order valence-electron chi connectivity index (χ3n) is 16.7. The molecule has 2 aromatic carbocycles. The molecule has 8 rings (SSSR count). The van der Waals surface area contributed by atoms with Crippen LogP contribution in [0.1, 0.15) is 101 Å². The number of halogens is 4. The number of fused-ring (bicyclic) bond motifs is 8. The van der Waals surface area contributed by atoms with Gasteiger partial charge in [-0.2, -0.15) is 11.6 Å². The van der Waals surface area contributed by atoms with Crippen molar-refractivity contribution in [2.45, 2.75) is 90.0 Å². The second-order valence-corrected chi connectivity index (χ2v) is 22.1. The van der Waals surface area contributed by atoms with E-state index in [4.69, 9.17) is 23.2 Å². The van der Waals surface area contributed by atoms with Crippen molar-refractivity contribution in [2.75, 3.05) is 0 Å². The third-order valence-corrected chi connectivity index (χ3v) is 18.6. The summed E-state index contributed by atoms with van der Waals surface area (Å²) in [6.07, 6.45) is 37.2. The van der Waals surface area contributed by atoms with Crippen LogP contribution in [-0.2, 0) is 24.2 Å². The van der Waals surface area contributed by atoms with Crippen molar-refractivity contribution >= 4 is 26.4 Å². The first-order chi connectivity index (χ1) is 26.5. The third kappa shape index (κ3) is 7.44. The number of hydrogen-bond donors (Lipinski definition) is 0.